The van der Waals surface area contributed by atoms with E-state index in [-0.39, 0.29) is 0 Å². The Balaban J connectivity index is 2.13. The third-order valence-corrected chi connectivity index (χ3v) is 3.16. The summed E-state index contributed by atoms with van der Waals surface area (Å²) < 4.78 is 1.73. The van der Waals surface area contributed by atoms with Gasteiger partial charge in [-0.05, 0) is 25.0 Å². The van der Waals surface area contributed by atoms with Crippen molar-refractivity contribution in [2.75, 3.05) is 0 Å². The first-order valence-corrected chi connectivity index (χ1v) is 5.84. The maximum absolute atomic E-state index is 11.3. The molecule has 0 spiro atoms. The Morgan fingerprint density at radius 2 is 2.33 bits per heavy atom. The summed E-state index contributed by atoms with van der Waals surface area (Å²) in [7, 11) is 0. The zero-order valence-electron chi connectivity index (χ0n) is 9.65. The number of aliphatic carboxylic acids is 1. The second-order valence-electron chi connectivity index (χ2n) is 4.30. The van der Waals surface area contributed by atoms with Crippen molar-refractivity contribution >= 4 is 5.97 Å². The number of rotatable bonds is 2. The number of hydrogen-bond donors (Lipinski definition) is 1. The molecule has 0 saturated heterocycles. The van der Waals surface area contributed by atoms with Crippen LogP contribution in [0.1, 0.15) is 24.7 Å². The summed E-state index contributed by atoms with van der Waals surface area (Å²) in [4.78, 5) is 15.3. The van der Waals surface area contributed by atoms with Crippen molar-refractivity contribution in [1.82, 2.24) is 19.7 Å². The van der Waals surface area contributed by atoms with Gasteiger partial charge < -0.3 is 5.11 Å². The first kappa shape index (κ1) is 10.9. The molecular weight excluding hydrogens is 232 g/mol. The summed E-state index contributed by atoms with van der Waals surface area (Å²) in [5.41, 5.74) is 0.796. The molecule has 0 aromatic carbocycles. The SMILES string of the molecule is O=C(O)C1CCCc2nnc(-c3cccnc3)n21. The summed E-state index contributed by atoms with van der Waals surface area (Å²) in [6.07, 6.45) is 5.57. The van der Waals surface area contributed by atoms with Crippen molar-refractivity contribution in [3.63, 3.8) is 0 Å². The molecule has 2 aromatic heterocycles. The van der Waals surface area contributed by atoms with E-state index in [1.807, 2.05) is 6.07 Å². The molecule has 1 N–H and O–H groups in total. The Kier molecular flexibility index (Phi) is 2.55. The van der Waals surface area contributed by atoms with Crippen LogP contribution in [-0.4, -0.2) is 30.8 Å². The van der Waals surface area contributed by atoms with Crippen LogP contribution in [0.5, 0.6) is 0 Å². The highest BCUT2D eigenvalue weighted by atomic mass is 16.4. The normalized spacial score (nSPS) is 18.3. The van der Waals surface area contributed by atoms with Gasteiger partial charge in [-0.15, -0.1) is 10.2 Å². The molecule has 0 amide bonds. The van der Waals surface area contributed by atoms with E-state index >= 15 is 0 Å². The maximum atomic E-state index is 11.3. The lowest BCUT2D eigenvalue weighted by Crippen LogP contribution is -2.25. The number of hydrogen-bond acceptors (Lipinski definition) is 4. The Bertz CT molecular complexity index is 579. The van der Waals surface area contributed by atoms with Crippen molar-refractivity contribution in [3.8, 4) is 11.4 Å². The summed E-state index contributed by atoms with van der Waals surface area (Å²) >= 11 is 0. The van der Waals surface area contributed by atoms with Crippen LogP contribution in [0.2, 0.25) is 0 Å². The Labute approximate surface area is 103 Å². The van der Waals surface area contributed by atoms with Crippen LogP contribution in [0.4, 0.5) is 0 Å². The fourth-order valence-electron chi connectivity index (χ4n) is 2.33. The number of carboxylic acids is 1. The highest BCUT2D eigenvalue weighted by Gasteiger charge is 2.30. The standard InChI is InChI=1S/C12H12N4O2/c17-12(18)9-4-1-5-10-14-15-11(16(9)10)8-3-2-6-13-7-8/h2-3,6-7,9H,1,4-5H2,(H,17,18). The molecule has 0 bridgehead atoms. The number of nitrogens with zero attached hydrogens (tertiary/aromatic N) is 4. The average Bonchev–Trinajstić information content (AvgIpc) is 2.83. The fourth-order valence-corrected chi connectivity index (χ4v) is 2.33. The highest BCUT2D eigenvalue weighted by Crippen LogP contribution is 2.29. The molecule has 1 aliphatic rings. The van der Waals surface area contributed by atoms with Crippen LogP contribution >= 0.6 is 0 Å². The van der Waals surface area contributed by atoms with Crippen molar-refractivity contribution in [2.45, 2.75) is 25.3 Å². The van der Waals surface area contributed by atoms with Gasteiger partial charge in [-0.25, -0.2) is 4.79 Å². The summed E-state index contributed by atoms with van der Waals surface area (Å²) in [6, 6.07) is 3.09. The van der Waals surface area contributed by atoms with Crippen LogP contribution in [0.15, 0.2) is 24.5 Å². The van der Waals surface area contributed by atoms with Gasteiger partial charge in [-0.2, -0.15) is 0 Å². The lowest BCUT2D eigenvalue weighted by molar-refractivity contribution is -0.141. The topological polar surface area (TPSA) is 80.9 Å². The fraction of sp³-hybridized carbons (Fsp3) is 0.333. The van der Waals surface area contributed by atoms with E-state index in [1.165, 1.54) is 0 Å². The average molecular weight is 244 g/mol. The van der Waals surface area contributed by atoms with Crippen molar-refractivity contribution in [2.24, 2.45) is 0 Å². The van der Waals surface area contributed by atoms with Crippen LogP contribution < -0.4 is 0 Å². The molecule has 6 heteroatoms. The van der Waals surface area contributed by atoms with Gasteiger partial charge in [0.25, 0.3) is 0 Å². The lowest BCUT2D eigenvalue weighted by Gasteiger charge is -2.22. The predicted octanol–water partition coefficient (Wildman–Crippen LogP) is 1.30. The van der Waals surface area contributed by atoms with Crippen molar-refractivity contribution in [1.29, 1.82) is 0 Å². The second-order valence-corrected chi connectivity index (χ2v) is 4.30. The highest BCUT2D eigenvalue weighted by molar-refractivity contribution is 5.73. The number of carboxylic acid groups (broad SMARTS) is 1. The van der Waals surface area contributed by atoms with Crippen molar-refractivity contribution in [3.05, 3.63) is 30.4 Å². The summed E-state index contributed by atoms with van der Waals surface area (Å²) in [6.45, 7) is 0. The monoisotopic (exact) mass is 244 g/mol. The molecule has 18 heavy (non-hydrogen) atoms. The van der Waals surface area contributed by atoms with E-state index in [9.17, 15) is 9.90 Å². The zero-order valence-corrected chi connectivity index (χ0v) is 9.65. The van der Waals surface area contributed by atoms with Gasteiger partial charge in [0, 0.05) is 24.4 Å². The molecule has 6 nitrogen and oxygen atoms in total. The van der Waals surface area contributed by atoms with E-state index in [0.717, 1.165) is 24.2 Å². The van der Waals surface area contributed by atoms with E-state index in [1.54, 1.807) is 23.0 Å². The number of aryl methyl sites for hydroxylation is 1. The molecular formula is C12H12N4O2. The molecule has 0 radical (unpaired) electrons. The predicted molar refractivity (Wildman–Crippen MR) is 62.9 cm³/mol. The van der Waals surface area contributed by atoms with Gasteiger partial charge in [0.05, 0.1) is 0 Å². The molecule has 2 aromatic rings. The lowest BCUT2D eigenvalue weighted by atomic mass is 10.0. The molecule has 0 fully saturated rings. The van der Waals surface area contributed by atoms with Crippen molar-refractivity contribution < 1.29 is 9.90 Å². The third-order valence-electron chi connectivity index (χ3n) is 3.16. The summed E-state index contributed by atoms with van der Waals surface area (Å²) in [5.74, 6) is 0.499. The molecule has 1 aliphatic heterocycles. The summed E-state index contributed by atoms with van der Waals surface area (Å²) in [5, 5.41) is 17.5. The van der Waals surface area contributed by atoms with Gasteiger partial charge in [-0.1, -0.05) is 0 Å². The molecule has 3 rings (SSSR count). The van der Waals surface area contributed by atoms with E-state index in [2.05, 4.69) is 15.2 Å². The second kappa shape index (κ2) is 4.21. The minimum Gasteiger partial charge on any atom is -0.480 e. The zero-order chi connectivity index (χ0) is 12.5. The van der Waals surface area contributed by atoms with E-state index in [0.29, 0.717) is 12.2 Å². The number of pyridine rings is 1. The van der Waals surface area contributed by atoms with Gasteiger partial charge in [0.1, 0.15) is 11.9 Å². The molecule has 1 unspecified atom stereocenters. The van der Waals surface area contributed by atoms with Gasteiger partial charge in [-0.3, -0.25) is 9.55 Å². The molecule has 0 aliphatic carbocycles. The first-order valence-electron chi connectivity index (χ1n) is 5.84. The quantitative estimate of drug-likeness (QED) is 0.861. The van der Waals surface area contributed by atoms with Crippen LogP contribution in [-0.2, 0) is 11.2 Å². The molecule has 3 heterocycles. The molecule has 92 valence electrons. The van der Waals surface area contributed by atoms with Gasteiger partial charge in [0.2, 0.25) is 0 Å². The Morgan fingerprint density at radius 3 is 3.06 bits per heavy atom. The minimum absolute atomic E-state index is 0.570. The maximum Gasteiger partial charge on any atom is 0.326 e. The molecule has 0 saturated carbocycles. The largest absolute Gasteiger partial charge is 0.480 e. The van der Waals surface area contributed by atoms with Crippen LogP contribution in [0.25, 0.3) is 11.4 Å². The smallest absolute Gasteiger partial charge is 0.326 e. The van der Waals surface area contributed by atoms with Crippen LogP contribution in [0, 0.1) is 0 Å². The van der Waals surface area contributed by atoms with Gasteiger partial charge in [0.15, 0.2) is 5.82 Å². The van der Waals surface area contributed by atoms with Gasteiger partial charge >= 0.3 is 5.97 Å². The van der Waals surface area contributed by atoms with E-state index < -0.39 is 12.0 Å². The minimum atomic E-state index is -0.833. The molecule has 1 atom stereocenters. The Morgan fingerprint density at radius 1 is 1.44 bits per heavy atom. The number of fused-ring (bicyclic) bond motifs is 1. The Hall–Kier alpha value is -2.24. The third kappa shape index (κ3) is 1.66. The van der Waals surface area contributed by atoms with E-state index in [4.69, 9.17) is 0 Å². The van der Waals surface area contributed by atoms with Crippen LogP contribution in [0.3, 0.4) is 0 Å². The number of aromatic nitrogens is 4. The first-order chi connectivity index (χ1) is 8.77. The number of carbonyl (C=O) groups is 1.